The van der Waals surface area contributed by atoms with Crippen LogP contribution in [0, 0.1) is 6.92 Å². The fourth-order valence-corrected chi connectivity index (χ4v) is 5.64. The van der Waals surface area contributed by atoms with Gasteiger partial charge >= 0.3 is 11.9 Å². The summed E-state index contributed by atoms with van der Waals surface area (Å²) in [6.45, 7) is 1.97. The number of esters is 1. The molecule has 0 spiro atoms. The van der Waals surface area contributed by atoms with Gasteiger partial charge < -0.3 is 10.1 Å². The van der Waals surface area contributed by atoms with E-state index in [0.717, 1.165) is 23.0 Å². The Bertz CT molecular complexity index is 1320. The third-order valence-corrected chi connectivity index (χ3v) is 7.17. The smallest absolute Gasteiger partial charge is 0.348 e. The Morgan fingerprint density at radius 3 is 2.30 bits per heavy atom. The lowest BCUT2D eigenvalue weighted by molar-refractivity contribution is -0.142. The Balaban J connectivity index is 1.89. The van der Waals surface area contributed by atoms with Crippen LogP contribution in [0.2, 0.25) is 0 Å². The summed E-state index contributed by atoms with van der Waals surface area (Å²) < 4.78 is 5.25. The van der Waals surface area contributed by atoms with Crippen molar-refractivity contribution in [3.05, 3.63) is 95.6 Å². The topological polar surface area (TPSA) is 75.7 Å². The van der Waals surface area contributed by atoms with Crippen LogP contribution in [0.4, 0.5) is 11.4 Å². The van der Waals surface area contributed by atoms with Crippen molar-refractivity contribution in [1.82, 2.24) is 0 Å². The molecule has 1 atom stereocenters. The van der Waals surface area contributed by atoms with E-state index in [2.05, 4.69) is 5.32 Å². The second-order valence-electron chi connectivity index (χ2n) is 7.78. The minimum atomic E-state index is -1.73. The maximum absolute atomic E-state index is 13.6. The van der Waals surface area contributed by atoms with E-state index in [4.69, 9.17) is 4.74 Å². The van der Waals surface area contributed by atoms with E-state index in [1.165, 1.54) is 12.0 Å². The number of nitrogens with zero attached hydrogens (tertiary/aromatic N) is 1. The number of hydrogen-bond acceptors (Lipinski definition) is 6. The van der Waals surface area contributed by atoms with Crippen molar-refractivity contribution in [2.24, 2.45) is 0 Å². The molecule has 1 N–H and O–H groups in total. The van der Waals surface area contributed by atoms with Crippen LogP contribution >= 0.6 is 11.8 Å². The predicted molar refractivity (Wildman–Crippen MR) is 128 cm³/mol. The van der Waals surface area contributed by atoms with Gasteiger partial charge in [-0.3, -0.25) is 14.5 Å². The summed E-state index contributed by atoms with van der Waals surface area (Å²) in [6, 6.07) is 23.8. The third-order valence-electron chi connectivity index (χ3n) is 5.75. The van der Waals surface area contributed by atoms with Gasteiger partial charge in [0.15, 0.2) is 0 Å². The SMILES string of the molecule is COC(=O)[C@]12Sc3ccccc3NC(c3ccc(C)cc3)=C1C(=O)C(=O)N2c1ccccc1. The number of anilines is 2. The summed E-state index contributed by atoms with van der Waals surface area (Å²) in [4.78, 5) is 40.9. The monoisotopic (exact) mass is 456 g/mol. The molecule has 3 aromatic rings. The first kappa shape index (κ1) is 21.0. The number of carbonyl (C=O) groups excluding carboxylic acids is 3. The van der Waals surface area contributed by atoms with Crippen molar-refractivity contribution in [1.29, 1.82) is 0 Å². The lowest BCUT2D eigenvalue weighted by atomic mass is 9.97. The average Bonchev–Trinajstić information content (AvgIpc) is 2.96. The number of hydrogen-bond donors (Lipinski definition) is 1. The minimum Gasteiger partial charge on any atom is -0.466 e. The first-order valence-corrected chi connectivity index (χ1v) is 11.2. The Labute approximate surface area is 195 Å². The zero-order valence-electron chi connectivity index (χ0n) is 18.0. The van der Waals surface area contributed by atoms with Gasteiger partial charge in [-0.05, 0) is 36.8 Å². The summed E-state index contributed by atoms with van der Waals surface area (Å²) in [5, 5.41) is 3.34. The Morgan fingerprint density at radius 2 is 1.61 bits per heavy atom. The average molecular weight is 457 g/mol. The summed E-state index contributed by atoms with van der Waals surface area (Å²) in [6.07, 6.45) is 0. The van der Waals surface area contributed by atoms with E-state index >= 15 is 0 Å². The molecule has 2 heterocycles. The number of ether oxygens (including phenoxy) is 1. The quantitative estimate of drug-likeness (QED) is 0.465. The number of carbonyl (C=O) groups is 3. The van der Waals surface area contributed by atoms with Crippen molar-refractivity contribution in [2.45, 2.75) is 16.7 Å². The van der Waals surface area contributed by atoms with Gasteiger partial charge in [0, 0.05) is 10.6 Å². The van der Waals surface area contributed by atoms with E-state index in [-0.39, 0.29) is 5.57 Å². The number of amides is 1. The summed E-state index contributed by atoms with van der Waals surface area (Å²) >= 11 is 1.13. The maximum Gasteiger partial charge on any atom is 0.348 e. The first-order chi connectivity index (χ1) is 16.0. The molecule has 2 aliphatic heterocycles. The number of para-hydroxylation sites is 2. The van der Waals surface area contributed by atoms with Gasteiger partial charge in [0.1, 0.15) is 0 Å². The van der Waals surface area contributed by atoms with Crippen molar-refractivity contribution < 1.29 is 19.1 Å². The molecule has 0 radical (unpaired) electrons. The van der Waals surface area contributed by atoms with Gasteiger partial charge in [-0.15, -0.1) is 0 Å². The predicted octanol–water partition coefficient (Wildman–Crippen LogP) is 4.41. The van der Waals surface area contributed by atoms with Crippen LogP contribution in [-0.4, -0.2) is 29.6 Å². The Hall–Kier alpha value is -3.84. The summed E-state index contributed by atoms with van der Waals surface area (Å²) in [5.41, 5.74) is 3.38. The van der Waals surface area contributed by atoms with E-state index in [1.807, 2.05) is 61.5 Å². The lowest BCUT2D eigenvalue weighted by Crippen LogP contribution is -2.51. The second kappa shape index (κ2) is 7.94. The molecule has 33 heavy (non-hydrogen) atoms. The van der Waals surface area contributed by atoms with Gasteiger partial charge in [-0.2, -0.15) is 0 Å². The molecule has 6 nitrogen and oxygen atoms in total. The van der Waals surface area contributed by atoms with Crippen LogP contribution in [-0.2, 0) is 19.1 Å². The molecular formula is C26H20N2O4S. The molecule has 1 saturated heterocycles. The molecule has 2 aliphatic rings. The van der Waals surface area contributed by atoms with Gasteiger partial charge in [0.2, 0.25) is 4.87 Å². The molecule has 1 amide bonds. The van der Waals surface area contributed by atoms with E-state index in [9.17, 15) is 14.4 Å². The molecule has 7 heteroatoms. The molecule has 0 aliphatic carbocycles. The number of nitrogens with one attached hydrogen (secondary N) is 1. The second-order valence-corrected chi connectivity index (χ2v) is 9.01. The largest absolute Gasteiger partial charge is 0.466 e. The minimum absolute atomic E-state index is 0.0632. The molecule has 164 valence electrons. The third kappa shape index (κ3) is 3.15. The molecule has 0 saturated carbocycles. The van der Waals surface area contributed by atoms with Crippen LogP contribution in [0.5, 0.6) is 0 Å². The van der Waals surface area contributed by atoms with Crippen molar-refractivity contribution in [2.75, 3.05) is 17.3 Å². The van der Waals surface area contributed by atoms with E-state index in [1.54, 1.807) is 24.3 Å². The Morgan fingerprint density at radius 1 is 0.939 bits per heavy atom. The van der Waals surface area contributed by atoms with Crippen molar-refractivity contribution in [3.8, 4) is 0 Å². The highest BCUT2D eigenvalue weighted by Crippen LogP contribution is 2.54. The van der Waals surface area contributed by atoms with Crippen LogP contribution in [0.3, 0.4) is 0 Å². The number of methoxy groups -OCH3 is 1. The molecule has 1 fully saturated rings. The standard InChI is InChI=1S/C26H20N2O4S/c1-16-12-14-17(15-13-16)22-21-23(29)24(30)28(18-8-4-3-5-9-18)26(21,25(31)32-2)33-20-11-7-6-10-19(20)27-22/h3-15,27H,1-2H3/t26-/m1/s1. The van der Waals surface area contributed by atoms with Gasteiger partial charge in [-0.25, -0.2) is 4.79 Å². The van der Waals surface area contributed by atoms with Crippen molar-refractivity contribution >= 4 is 46.5 Å². The molecule has 3 aromatic carbocycles. The molecular weight excluding hydrogens is 436 g/mol. The number of benzene rings is 3. The Kier molecular flexibility index (Phi) is 5.06. The van der Waals surface area contributed by atoms with Crippen LogP contribution in [0.15, 0.2) is 89.3 Å². The number of fused-ring (bicyclic) bond motifs is 2. The summed E-state index contributed by atoms with van der Waals surface area (Å²) in [5.74, 6) is -2.22. The molecule has 5 rings (SSSR count). The number of ketones is 1. The number of aryl methyl sites for hydroxylation is 1. The normalized spacial score (nSPS) is 19.5. The highest BCUT2D eigenvalue weighted by atomic mass is 32.2. The zero-order chi connectivity index (χ0) is 23.2. The highest BCUT2D eigenvalue weighted by Gasteiger charge is 2.64. The fourth-order valence-electron chi connectivity index (χ4n) is 4.20. The number of rotatable bonds is 3. The van der Waals surface area contributed by atoms with Crippen LogP contribution in [0.1, 0.15) is 11.1 Å². The van der Waals surface area contributed by atoms with Crippen LogP contribution in [0.25, 0.3) is 5.70 Å². The molecule has 0 unspecified atom stereocenters. The number of thioether (sulfide) groups is 1. The fraction of sp³-hybridized carbons (Fsp3) is 0.115. The number of Topliss-reactive ketones (excluding diaryl/α,β-unsaturated/α-hetero) is 1. The lowest BCUT2D eigenvalue weighted by Gasteiger charge is -2.34. The van der Waals surface area contributed by atoms with Gasteiger partial charge in [-0.1, -0.05) is 71.9 Å². The summed E-state index contributed by atoms with van der Waals surface area (Å²) in [7, 11) is 1.27. The molecule has 0 aromatic heterocycles. The van der Waals surface area contributed by atoms with Crippen LogP contribution < -0.4 is 10.2 Å². The first-order valence-electron chi connectivity index (χ1n) is 10.4. The maximum atomic E-state index is 13.6. The zero-order valence-corrected chi connectivity index (χ0v) is 18.8. The van der Waals surface area contributed by atoms with E-state index in [0.29, 0.717) is 21.8 Å². The van der Waals surface area contributed by atoms with Gasteiger partial charge in [0.05, 0.1) is 24.1 Å². The van der Waals surface area contributed by atoms with E-state index < -0.39 is 22.5 Å². The highest BCUT2D eigenvalue weighted by molar-refractivity contribution is 8.02. The molecule has 0 bridgehead atoms. The van der Waals surface area contributed by atoms with Gasteiger partial charge in [0.25, 0.3) is 5.78 Å². The van der Waals surface area contributed by atoms with Crippen molar-refractivity contribution in [3.63, 3.8) is 0 Å².